The number of rotatable bonds is 4. The van der Waals surface area contributed by atoms with Gasteiger partial charge < -0.3 is 10.2 Å². The molecule has 0 atom stereocenters. The van der Waals surface area contributed by atoms with E-state index in [1.54, 1.807) is 13.0 Å². The van der Waals surface area contributed by atoms with Crippen LogP contribution in [0.4, 0.5) is 13.2 Å². The van der Waals surface area contributed by atoms with Gasteiger partial charge in [-0.1, -0.05) is 18.7 Å². The monoisotopic (exact) mass is 274 g/mol. The smallest absolute Gasteiger partial charge is 0.382 e. The molecule has 1 fully saturated rings. The second-order valence-corrected chi connectivity index (χ2v) is 4.75. The molecule has 1 N–H and O–H groups in total. The Bertz CT molecular complexity index is 361. The molecule has 0 spiro atoms. The van der Waals surface area contributed by atoms with Crippen molar-refractivity contribution in [2.24, 2.45) is 0 Å². The number of piperidine rings is 1. The second-order valence-electron chi connectivity index (χ2n) is 4.75. The first kappa shape index (κ1) is 15.8. The summed E-state index contributed by atoms with van der Waals surface area (Å²) in [6.45, 7) is 6.78. The van der Waals surface area contributed by atoms with Crippen LogP contribution in [-0.4, -0.2) is 37.3 Å². The van der Waals surface area contributed by atoms with Gasteiger partial charge in [-0.05, 0) is 46.0 Å². The van der Waals surface area contributed by atoms with Crippen LogP contribution in [0.2, 0.25) is 0 Å². The molecule has 0 unspecified atom stereocenters. The lowest BCUT2D eigenvalue weighted by molar-refractivity contribution is -0.0891. The highest BCUT2D eigenvalue weighted by Gasteiger charge is 2.34. The van der Waals surface area contributed by atoms with Crippen LogP contribution in [0, 0.1) is 0 Å². The fraction of sp³-hybridized carbons (Fsp3) is 0.571. The van der Waals surface area contributed by atoms with Gasteiger partial charge in [-0.15, -0.1) is 0 Å². The van der Waals surface area contributed by atoms with Gasteiger partial charge in [-0.3, -0.25) is 0 Å². The number of nitrogens with one attached hydrogen (secondary N) is 1. The van der Waals surface area contributed by atoms with Crippen LogP contribution in [0.25, 0.3) is 0 Å². The van der Waals surface area contributed by atoms with Gasteiger partial charge in [0.25, 0.3) is 0 Å². The van der Waals surface area contributed by atoms with Crippen molar-refractivity contribution in [2.75, 3.05) is 20.1 Å². The van der Waals surface area contributed by atoms with Gasteiger partial charge in [0, 0.05) is 11.7 Å². The SMILES string of the molecule is C=C/C(=C(\C=C/C)NC1CCN(C)CC1)C(F)(F)F. The summed E-state index contributed by atoms with van der Waals surface area (Å²) in [5, 5.41) is 3.01. The minimum Gasteiger partial charge on any atom is -0.382 e. The molecule has 5 heteroatoms. The zero-order valence-electron chi connectivity index (χ0n) is 11.4. The van der Waals surface area contributed by atoms with Crippen molar-refractivity contribution in [1.82, 2.24) is 10.2 Å². The summed E-state index contributed by atoms with van der Waals surface area (Å²) in [7, 11) is 2.02. The van der Waals surface area contributed by atoms with E-state index in [1.165, 1.54) is 6.08 Å². The highest BCUT2D eigenvalue weighted by Crippen LogP contribution is 2.29. The molecule has 0 bridgehead atoms. The lowest BCUT2D eigenvalue weighted by Crippen LogP contribution is -2.40. The predicted octanol–water partition coefficient (Wildman–Crippen LogP) is 3.25. The zero-order chi connectivity index (χ0) is 14.5. The molecule has 1 aliphatic rings. The van der Waals surface area contributed by atoms with Crippen molar-refractivity contribution in [2.45, 2.75) is 32.0 Å². The van der Waals surface area contributed by atoms with Gasteiger partial charge in [0.05, 0.1) is 5.57 Å². The van der Waals surface area contributed by atoms with E-state index in [0.717, 1.165) is 32.0 Å². The molecule has 1 rings (SSSR count). The molecule has 0 radical (unpaired) electrons. The highest BCUT2D eigenvalue weighted by molar-refractivity contribution is 5.34. The molecule has 0 aromatic carbocycles. The van der Waals surface area contributed by atoms with E-state index in [2.05, 4.69) is 16.8 Å². The third-order valence-electron chi connectivity index (χ3n) is 3.21. The lowest BCUT2D eigenvalue weighted by Gasteiger charge is -2.31. The molecule has 108 valence electrons. The van der Waals surface area contributed by atoms with E-state index in [0.29, 0.717) is 0 Å². The van der Waals surface area contributed by atoms with E-state index in [9.17, 15) is 13.2 Å². The van der Waals surface area contributed by atoms with Gasteiger partial charge in [0.1, 0.15) is 0 Å². The Kier molecular flexibility index (Phi) is 5.66. The first-order valence-electron chi connectivity index (χ1n) is 6.40. The third kappa shape index (κ3) is 4.74. The van der Waals surface area contributed by atoms with E-state index < -0.39 is 11.7 Å². The number of alkyl halides is 3. The third-order valence-corrected chi connectivity index (χ3v) is 3.21. The molecule has 0 amide bonds. The van der Waals surface area contributed by atoms with Gasteiger partial charge in [0.2, 0.25) is 0 Å². The molecular weight excluding hydrogens is 253 g/mol. The predicted molar refractivity (Wildman–Crippen MR) is 71.7 cm³/mol. The molecule has 0 saturated carbocycles. The standard InChI is InChI=1S/C14H21F3N2/c1-4-6-13(12(5-2)14(15,16)17)18-11-7-9-19(3)10-8-11/h4-6,11,18H,2,7-10H2,1,3H3/b6-4-,13-12-. The van der Waals surface area contributed by atoms with Crippen LogP contribution >= 0.6 is 0 Å². The number of allylic oxidation sites excluding steroid dienone is 4. The lowest BCUT2D eigenvalue weighted by atomic mass is 10.0. The van der Waals surface area contributed by atoms with E-state index >= 15 is 0 Å². The summed E-state index contributed by atoms with van der Waals surface area (Å²) >= 11 is 0. The van der Waals surface area contributed by atoms with Crippen molar-refractivity contribution in [1.29, 1.82) is 0 Å². The molecule has 1 saturated heterocycles. The van der Waals surface area contributed by atoms with Crippen LogP contribution < -0.4 is 5.32 Å². The number of halogens is 3. The summed E-state index contributed by atoms with van der Waals surface area (Å²) < 4.78 is 38.7. The van der Waals surface area contributed by atoms with Crippen LogP contribution in [0.1, 0.15) is 19.8 Å². The Morgan fingerprint density at radius 1 is 1.32 bits per heavy atom. The minimum atomic E-state index is -4.38. The quantitative estimate of drug-likeness (QED) is 0.792. The maximum absolute atomic E-state index is 12.9. The number of hydrogen-bond donors (Lipinski definition) is 1. The van der Waals surface area contributed by atoms with Crippen molar-refractivity contribution in [3.63, 3.8) is 0 Å². The molecule has 1 aliphatic heterocycles. The maximum atomic E-state index is 12.9. The summed E-state index contributed by atoms with van der Waals surface area (Å²) in [5.41, 5.74) is -0.593. The van der Waals surface area contributed by atoms with Crippen molar-refractivity contribution in [3.8, 4) is 0 Å². The Labute approximate surface area is 112 Å². The van der Waals surface area contributed by atoms with Crippen LogP contribution in [0.3, 0.4) is 0 Å². The molecule has 1 heterocycles. The topological polar surface area (TPSA) is 15.3 Å². The number of hydrogen-bond acceptors (Lipinski definition) is 2. The normalized spacial score (nSPS) is 20.5. The molecule has 2 nitrogen and oxygen atoms in total. The van der Waals surface area contributed by atoms with Gasteiger partial charge in [0.15, 0.2) is 0 Å². The highest BCUT2D eigenvalue weighted by atomic mass is 19.4. The average Bonchev–Trinajstić information content (AvgIpc) is 2.31. The Morgan fingerprint density at radius 2 is 1.89 bits per heavy atom. The fourth-order valence-corrected chi connectivity index (χ4v) is 2.13. The summed E-state index contributed by atoms with van der Waals surface area (Å²) in [6.07, 6.45) is 1.25. The summed E-state index contributed by atoms with van der Waals surface area (Å²) in [5.74, 6) is 0. The average molecular weight is 274 g/mol. The second kappa shape index (κ2) is 6.80. The first-order chi connectivity index (χ1) is 8.88. The Morgan fingerprint density at radius 3 is 2.32 bits per heavy atom. The largest absolute Gasteiger partial charge is 0.418 e. The van der Waals surface area contributed by atoms with Gasteiger partial charge in [-0.25, -0.2) is 0 Å². The molecule has 0 aromatic rings. The van der Waals surface area contributed by atoms with Crippen LogP contribution in [0.15, 0.2) is 36.1 Å². The van der Waals surface area contributed by atoms with E-state index in [-0.39, 0.29) is 11.7 Å². The summed E-state index contributed by atoms with van der Waals surface area (Å²) in [6, 6.07) is 0.0831. The van der Waals surface area contributed by atoms with E-state index in [1.807, 2.05) is 7.05 Å². The van der Waals surface area contributed by atoms with Crippen molar-refractivity contribution in [3.05, 3.63) is 36.1 Å². The first-order valence-corrected chi connectivity index (χ1v) is 6.40. The number of likely N-dealkylation sites (tertiary alicyclic amines) is 1. The number of nitrogens with zero attached hydrogens (tertiary/aromatic N) is 1. The molecule has 0 aromatic heterocycles. The minimum absolute atomic E-state index is 0.0831. The van der Waals surface area contributed by atoms with Crippen molar-refractivity contribution >= 4 is 0 Å². The fourth-order valence-electron chi connectivity index (χ4n) is 2.13. The van der Waals surface area contributed by atoms with Crippen LogP contribution in [-0.2, 0) is 0 Å². The van der Waals surface area contributed by atoms with Gasteiger partial charge >= 0.3 is 6.18 Å². The Hall–Kier alpha value is -1.23. The molecular formula is C14H21F3N2. The van der Waals surface area contributed by atoms with E-state index in [4.69, 9.17) is 0 Å². The van der Waals surface area contributed by atoms with Gasteiger partial charge in [-0.2, -0.15) is 13.2 Å². The molecule has 19 heavy (non-hydrogen) atoms. The molecule has 0 aliphatic carbocycles. The Balaban J connectivity index is 2.88. The maximum Gasteiger partial charge on any atom is 0.418 e. The van der Waals surface area contributed by atoms with Crippen molar-refractivity contribution < 1.29 is 13.2 Å². The van der Waals surface area contributed by atoms with Crippen LogP contribution in [0.5, 0.6) is 0 Å². The summed E-state index contributed by atoms with van der Waals surface area (Å²) in [4.78, 5) is 2.18. The zero-order valence-corrected chi connectivity index (χ0v) is 11.4.